The van der Waals surface area contributed by atoms with Gasteiger partial charge in [-0.05, 0) is 60.0 Å². The number of carbonyl (C=O) groups excluding carboxylic acids is 2. The van der Waals surface area contributed by atoms with Crippen LogP contribution in [0.2, 0.25) is 10.0 Å². The van der Waals surface area contributed by atoms with Crippen LogP contribution < -0.4 is 9.62 Å². The summed E-state index contributed by atoms with van der Waals surface area (Å²) >= 11 is 12.5. The number of hydrogen-bond acceptors (Lipinski definition) is 4. The molecule has 0 heterocycles. The minimum atomic E-state index is -4.19. The summed E-state index contributed by atoms with van der Waals surface area (Å²) in [7, 11) is -2.69. The van der Waals surface area contributed by atoms with Gasteiger partial charge in [0.25, 0.3) is 10.0 Å². The van der Waals surface area contributed by atoms with E-state index in [0.29, 0.717) is 10.0 Å². The highest BCUT2D eigenvalue weighted by Crippen LogP contribution is 2.29. The number of amides is 2. The standard InChI is InChI=1S/C32H31Cl2N3O4S/c1-23-13-18-27(20-29(23)34)37(42(40,41)28-11-7-4-8-12-28)22-31(38)36(21-25-14-16-26(33)17-15-25)30(32(39)35-2)19-24-9-5-3-6-10-24/h3-18,20,30H,19,21-22H2,1-2H3,(H,35,39)/t30-/m0/s1. The van der Waals surface area contributed by atoms with Crippen LogP contribution in [0.5, 0.6) is 0 Å². The maximum atomic E-state index is 14.3. The average Bonchev–Trinajstić information content (AvgIpc) is 3.00. The molecule has 0 saturated carbocycles. The molecule has 218 valence electrons. The number of anilines is 1. The molecule has 10 heteroatoms. The molecule has 0 radical (unpaired) electrons. The van der Waals surface area contributed by atoms with E-state index in [4.69, 9.17) is 23.2 Å². The lowest BCUT2D eigenvalue weighted by molar-refractivity contribution is -0.139. The van der Waals surface area contributed by atoms with Crippen molar-refractivity contribution in [3.63, 3.8) is 0 Å². The molecule has 42 heavy (non-hydrogen) atoms. The van der Waals surface area contributed by atoms with E-state index in [1.165, 1.54) is 30.1 Å². The van der Waals surface area contributed by atoms with Crippen LogP contribution in [0.25, 0.3) is 0 Å². The molecule has 0 bridgehead atoms. The SMILES string of the molecule is CNC(=O)[C@H](Cc1ccccc1)N(Cc1ccc(Cl)cc1)C(=O)CN(c1ccc(C)c(Cl)c1)S(=O)(=O)c1ccccc1. The fourth-order valence-corrected chi connectivity index (χ4v) is 6.22. The van der Waals surface area contributed by atoms with Gasteiger partial charge in [-0.15, -0.1) is 0 Å². The van der Waals surface area contributed by atoms with Crippen molar-refractivity contribution in [3.05, 3.63) is 130 Å². The number of nitrogens with one attached hydrogen (secondary N) is 1. The minimum Gasteiger partial charge on any atom is -0.357 e. The van der Waals surface area contributed by atoms with Gasteiger partial charge in [0.1, 0.15) is 12.6 Å². The number of hydrogen-bond donors (Lipinski definition) is 1. The Balaban J connectivity index is 1.79. The lowest BCUT2D eigenvalue weighted by Gasteiger charge is -2.33. The molecule has 0 aliphatic heterocycles. The fourth-order valence-electron chi connectivity index (χ4n) is 4.49. The van der Waals surface area contributed by atoms with Gasteiger partial charge in [-0.3, -0.25) is 13.9 Å². The van der Waals surface area contributed by atoms with E-state index in [1.54, 1.807) is 61.5 Å². The summed E-state index contributed by atoms with van der Waals surface area (Å²) in [6, 6.07) is 28.1. The lowest BCUT2D eigenvalue weighted by atomic mass is 10.0. The number of likely N-dealkylation sites (N-methyl/N-ethyl adjacent to an activating group) is 1. The number of halogens is 2. The van der Waals surface area contributed by atoms with Crippen LogP contribution >= 0.6 is 23.2 Å². The molecule has 1 N–H and O–H groups in total. The van der Waals surface area contributed by atoms with Crippen LogP contribution in [-0.4, -0.2) is 44.8 Å². The molecule has 0 unspecified atom stereocenters. The summed E-state index contributed by atoms with van der Waals surface area (Å²) in [5, 5.41) is 3.55. The van der Waals surface area contributed by atoms with Crippen molar-refractivity contribution in [1.29, 1.82) is 0 Å². The smallest absolute Gasteiger partial charge is 0.264 e. The third-order valence-corrected chi connectivity index (χ3v) is 9.28. The summed E-state index contributed by atoms with van der Waals surface area (Å²) < 4.78 is 28.9. The zero-order valence-electron chi connectivity index (χ0n) is 23.2. The second-order valence-electron chi connectivity index (χ2n) is 9.73. The van der Waals surface area contributed by atoms with Gasteiger partial charge >= 0.3 is 0 Å². The van der Waals surface area contributed by atoms with Crippen LogP contribution in [-0.2, 0) is 32.6 Å². The van der Waals surface area contributed by atoms with Gasteiger partial charge in [0, 0.05) is 30.1 Å². The van der Waals surface area contributed by atoms with E-state index in [0.717, 1.165) is 21.0 Å². The number of rotatable bonds is 11. The van der Waals surface area contributed by atoms with Gasteiger partial charge < -0.3 is 10.2 Å². The van der Waals surface area contributed by atoms with Crippen molar-refractivity contribution in [2.75, 3.05) is 17.9 Å². The molecule has 0 spiro atoms. The first-order chi connectivity index (χ1) is 20.1. The van der Waals surface area contributed by atoms with E-state index in [2.05, 4.69) is 5.32 Å². The van der Waals surface area contributed by atoms with Crippen molar-refractivity contribution in [1.82, 2.24) is 10.2 Å². The summed E-state index contributed by atoms with van der Waals surface area (Å²) in [6.45, 7) is 1.29. The predicted molar refractivity (Wildman–Crippen MR) is 167 cm³/mol. The zero-order valence-corrected chi connectivity index (χ0v) is 25.5. The van der Waals surface area contributed by atoms with Crippen molar-refractivity contribution in [3.8, 4) is 0 Å². The molecule has 0 aliphatic carbocycles. The maximum absolute atomic E-state index is 14.3. The highest BCUT2D eigenvalue weighted by molar-refractivity contribution is 7.92. The van der Waals surface area contributed by atoms with E-state index < -0.39 is 28.5 Å². The van der Waals surface area contributed by atoms with Gasteiger partial charge in [-0.25, -0.2) is 8.42 Å². The van der Waals surface area contributed by atoms with E-state index in [1.807, 2.05) is 30.3 Å². The topological polar surface area (TPSA) is 86.8 Å². The third kappa shape index (κ3) is 7.50. The third-order valence-electron chi connectivity index (χ3n) is 6.84. The number of benzene rings is 4. The monoisotopic (exact) mass is 623 g/mol. The van der Waals surface area contributed by atoms with Gasteiger partial charge in [0.2, 0.25) is 11.8 Å². The van der Waals surface area contributed by atoms with Crippen molar-refractivity contribution in [2.45, 2.75) is 30.8 Å². The number of aryl methyl sites for hydroxylation is 1. The van der Waals surface area contributed by atoms with Crippen molar-refractivity contribution in [2.24, 2.45) is 0 Å². The zero-order chi connectivity index (χ0) is 30.3. The molecular weight excluding hydrogens is 593 g/mol. The summed E-state index contributed by atoms with van der Waals surface area (Å²) in [4.78, 5) is 29.0. The first-order valence-corrected chi connectivity index (χ1v) is 15.4. The Hall–Kier alpha value is -3.85. The van der Waals surface area contributed by atoms with E-state index >= 15 is 0 Å². The second-order valence-corrected chi connectivity index (χ2v) is 12.4. The van der Waals surface area contributed by atoms with Crippen LogP contribution in [0.4, 0.5) is 5.69 Å². The van der Waals surface area contributed by atoms with Crippen molar-refractivity contribution < 1.29 is 18.0 Å². The molecule has 0 fully saturated rings. The van der Waals surface area contributed by atoms with Crippen molar-refractivity contribution >= 4 is 50.7 Å². The average molecular weight is 625 g/mol. The molecule has 7 nitrogen and oxygen atoms in total. The van der Waals surface area contributed by atoms with E-state index in [-0.39, 0.29) is 29.5 Å². The Labute approximate surface area is 256 Å². The van der Waals surface area contributed by atoms with Crippen LogP contribution in [0.15, 0.2) is 108 Å². The first-order valence-electron chi connectivity index (χ1n) is 13.2. The Morgan fingerprint density at radius 1 is 0.833 bits per heavy atom. The number of carbonyl (C=O) groups is 2. The molecule has 0 saturated heterocycles. The first kappa shape index (κ1) is 31.1. The predicted octanol–water partition coefficient (Wildman–Crippen LogP) is 5.88. The highest BCUT2D eigenvalue weighted by atomic mass is 35.5. The fraction of sp³-hybridized carbons (Fsp3) is 0.188. The molecule has 0 aromatic heterocycles. The van der Waals surface area contributed by atoms with Gasteiger partial charge in [0.05, 0.1) is 10.6 Å². The normalized spacial score (nSPS) is 11.9. The molecule has 0 aliphatic rings. The lowest BCUT2D eigenvalue weighted by Crippen LogP contribution is -2.53. The van der Waals surface area contributed by atoms with Crippen LogP contribution in [0, 0.1) is 6.92 Å². The van der Waals surface area contributed by atoms with Gasteiger partial charge in [-0.1, -0.05) is 89.9 Å². The minimum absolute atomic E-state index is 0.0193. The Morgan fingerprint density at radius 3 is 2.05 bits per heavy atom. The molecule has 4 aromatic carbocycles. The highest BCUT2D eigenvalue weighted by Gasteiger charge is 2.34. The van der Waals surface area contributed by atoms with Gasteiger partial charge in [0.15, 0.2) is 0 Å². The second kappa shape index (κ2) is 13.9. The molecule has 2 amide bonds. The Kier molecular flexibility index (Phi) is 10.3. The quantitative estimate of drug-likeness (QED) is 0.226. The molecule has 4 rings (SSSR count). The van der Waals surface area contributed by atoms with Crippen LogP contribution in [0.3, 0.4) is 0 Å². The van der Waals surface area contributed by atoms with E-state index in [9.17, 15) is 18.0 Å². The summed E-state index contributed by atoms with van der Waals surface area (Å²) in [5.41, 5.74) is 2.56. The number of nitrogens with zero attached hydrogens (tertiary/aromatic N) is 2. The summed E-state index contributed by atoms with van der Waals surface area (Å²) in [5.74, 6) is -0.942. The molecule has 1 atom stereocenters. The number of sulfonamides is 1. The van der Waals surface area contributed by atoms with Gasteiger partial charge in [-0.2, -0.15) is 0 Å². The maximum Gasteiger partial charge on any atom is 0.264 e. The van der Waals surface area contributed by atoms with Crippen LogP contribution in [0.1, 0.15) is 16.7 Å². The Morgan fingerprint density at radius 2 is 1.45 bits per heavy atom. The molecule has 4 aromatic rings. The molecular formula is C32H31Cl2N3O4S. The largest absolute Gasteiger partial charge is 0.357 e. The Bertz CT molecular complexity index is 1630. The summed E-state index contributed by atoms with van der Waals surface area (Å²) in [6.07, 6.45) is 0.224.